The fourth-order valence-electron chi connectivity index (χ4n) is 7.79. The Kier molecular flexibility index (Phi) is 22.8. The zero-order valence-electron chi connectivity index (χ0n) is 36.2. The van der Waals surface area contributed by atoms with Crippen molar-refractivity contribution in [3.05, 3.63) is 159 Å². The van der Waals surface area contributed by atoms with Crippen LogP contribution in [-0.4, -0.2) is 4.70 Å². The summed E-state index contributed by atoms with van der Waals surface area (Å²) in [6, 6.07) is 39.6. The van der Waals surface area contributed by atoms with Gasteiger partial charge in [0.15, 0.2) is 0 Å². The van der Waals surface area contributed by atoms with E-state index < -0.39 is 0 Å². The first-order valence-electron chi connectivity index (χ1n) is 22.8. The second-order valence-electron chi connectivity index (χ2n) is 15.8. The average molecular weight is 858 g/mol. The summed E-state index contributed by atoms with van der Waals surface area (Å²) in [6.45, 7) is 9.09. The molecule has 4 aromatic carbocycles. The Balaban J connectivity index is 0.000000350. The van der Waals surface area contributed by atoms with Crippen LogP contribution in [0.25, 0.3) is 16.9 Å². The second kappa shape index (κ2) is 28.1. The van der Waals surface area contributed by atoms with Crippen molar-refractivity contribution in [1.29, 1.82) is 0 Å². The third-order valence-corrected chi connectivity index (χ3v) is 13.0. The molecule has 310 valence electrons. The van der Waals surface area contributed by atoms with E-state index in [2.05, 4.69) is 137 Å². The maximum absolute atomic E-state index is 12.0. The summed E-state index contributed by atoms with van der Waals surface area (Å²) >= 11 is 0.891. The van der Waals surface area contributed by atoms with E-state index in [0.29, 0.717) is 0 Å². The molecule has 5 rings (SSSR count). The number of aryl methyl sites for hydroxylation is 4. The zero-order valence-corrected chi connectivity index (χ0v) is 37.7. The van der Waals surface area contributed by atoms with Crippen molar-refractivity contribution in [2.45, 2.75) is 166 Å². The molecular formula is C54H74N2Pd. The standard InChI is InChI=1S/C38H56N2.2C8H9.Pd/c1-5-9-13-14-15-18-28-36-35(27-12-8-4)37(33-25-19-23-31(29-33)21-16-10-6-2)40(39)38(36)34-26-20-24-32(30-34)22-17-11-7-3;2*1-2-8-6-4-3-5-7-8;/h19-20,23-26,29-30H,5-18,21-22,27-28H2,1-4H3;2*3-7H,1-2H2;. The molecule has 1 heterocycles. The van der Waals surface area contributed by atoms with E-state index in [1.54, 1.807) is 4.70 Å². The summed E-state index contributed by atoms with van der Waals surface area (Å²) in [5.41, 5.74) is 24.8. The summed E-state index contributed by atoms with van der Waals surface area (Å²) in [7, 11) is 0. The van der Waals surface area contributed by atoms with Crippen LogP contribution in [0.4, 0.5) is 0 Å². The zero-order chi connectivity index (χ0) is 40.3. The average Bonchev–Trinajstić information content (AvgIpc) is 3.52. The van der Waals surface area contributed by atoms with Gasteiger partial charge in [0, 0.05) is 22.3 Å². The molecule has 3 heteroatoms. The summed E-state index contributed by atoms with van der Waals surface area (Å²) < 4.78 is 1.58. The molecule has 1 aliphatic heterocycles. The SMILES string of the molecule is CCCCCCCCC1=C(c2cccc(CCCCC)c2)[N+](=[N-])C(c2cccc(CCCCC)c2)=C1CCCC.c1ccc(C[CH2][Pd][CH2]Cc2ccccc2)cc1. The van der Waals surface area contributed by atoms with Crippen LogP contribution in [0.2, 0.25) is 9.79 Å². The quantitative estimate of drug-likeness (QED) is 0.0342. The monoisotopic (exact) mass is 856 g/mol. The van der Waals surface area contributed by atoms with Crippen LogP contribution in [0.1, 0.15) is 164 Å². The van der Waals surface area contributed by atoms with Crippen molar-refractivity contribution in [2.24, 2.45) is 0 Å². The van der Waals surface area contributed by atoms with Gasteiger partial charge in [-0.15, -0.1) is 0 Å². The van der Waals surface area contributed by atoms with Crippen molar-refractivity contribution < 1.29 is 22.7 Å². The molecule has 0 atom stereocenters. The summed E-state index contributed by atoms with van der Waals surface area (Å²) in [5.74, 6) is 0. The molecule has 2 nitrogen and oxygen atoms in total. The first kappa shape index (κ1) is 46.3. The summed E-state index contributed by atoms with van der Waals surface area (Å²) in [6.07, 6.45) is 24.2. The fraction of sp³-hybridized carbons (Fsp3) is 0.481. The molecule has 0 aliphatic carbocycles. The van der Waals surface area contributed by atoms with Gasteiger partial charge in [-0.05, 0) is 86.8 Å². The van der Waals surface area contributed by atoms with Gasteiger partial charge in [-0.1, -0.05) is 116 Å². The van der Waals surface area contributed by atoms with Crippen LogP contribution in [0.15, 0.2) is 120 Å². The molecule has 0 spiro atoms. The third kappa shape index (κ3) is 16.4. The Morgan fingerprint density at radius 3 is 1.25 bits per heavy atom. The van der Waals surface area contributed by atoms with Crippen LogP contribution in [0.3, 0.4) is 0 Å². The van der Waals surface area contributed by atoms with Gasteiger partial charge in [-0.2, -0.15) is 0 Å². The number of benzene rings is 4. The molecule has 0 amide bonds. The van der Waals surface area contributed by atoms with Gasteiger partial charge in [0.05, 0.1) is 0 Å². The Labute approximate surface area is 357 Å². The Morgan fingerprint density at radius 1 is 0.386 bits per heavy atom. The topological polar surface area (TPSA) is 25.3 Å². The van der Waals surface area contributed by atoms with Crippen molar-refractivity contribution in [2.75, 3.05) is 0 Å². The van der Waals surface area contributed by atoms with E-state index in [1.165, 1.54) is 139 Å². The molecule has 0 unspecified atom stereocenters. The molecule has 1 aliphatic rings. The van der Waals surface area contributed by atoms with Gasteiger partial charge in [-0.3, -0.25) is 0 Å². The van der Waals surface area contributed by atoms with Crippen LogP contribution >= 0.6 is 0 Å². The van der Waals surface area contributed by atoms with E-state index in [0.717, 1.165) is 73.5 Å². The first-order valence-corrected chi connectivity index (χ1v) is 25.0. The first-order chi connectivity index (χ1) is 28.1. The predicted octanol–water partition coefficient (Wildman–Crippen LogP) is 16.7. The van der Waals surface area contributed by atoms with Gasteiger partial charge in [0.1, 0.15) is 0 Å². The number of hydrogen-bond acceptors (Lipinski definition) is 0. The Hall–Kier alpha value is -3.38. The number of hydrogen-bond donors (Lipinski definition) is 0. The van der Waals surface area contributed by atoms with Crippen molar-refractivity contribution in [1.82, 2.24) is 0 Å². The van der Waals surface area contributed by atoms with Crippen molar-refractivity contribution in [3.63, 3.8) is 0 Å². The molecule has 0 fully saturated rings. The third-order valence-electron chi connectivity index (χ3n) is 11.1. The molecule has 0 aromatic heterocycles. The molecule has 0 radical (unpaired) electrons. The minimum absolute atomic E-state index is 0.891. The number of unbranched alkanes of at least 4 members (excludes halogenated alkanes) is 10. The molecular weight excluding hydrogens is 783 g/mol. The fourth-order valence-corrected chi connectivity index (χ4v) is 9.63. The van der Waals surface area contributed by atoms with E-state index in [1.807, 2.05) is 0 Å². The van der Waals surface area contributed by atoms with Crippen molar-refractivity contribution >= 4 is 11.4 Å². The normalized spacial score (nSPS) is 12.7. The van der Waals surface area contributed by atoms with Crippen LogP contribution in [0.5, 0.6) is 0 Å². The van der Waals surface area contributed by atoms with E-state index >= 15 is 0 Å². The van der Waals surface area contributed by atoms with Gasteiger partial charge in [0.25, 0.3) is 0 Å². The second-order valence-corrected chi connectivity index (χ2v) is 18.2. The predicted molar refractivity (Wildman–Crippen MR) is 244 cm³/mol. The number of nitrogens with zero attached hydrogens (tertiary/aromatic N) is 2. The van der Waals surface area contributed by atoms with Crippen LogP contribution in [-0.2, 0) is 43.7 Å². The maximum atomic E-state index is 12.0. The molecule has 0 N–H and O–H groups in total. The Morgan fingerprint density at radius 2 is 0.772 bits per heavy atom. The van der Waals surface area contributed by atoms with Gasteiger partial charge < -0.3 is 5.53 Å². The molecule has 0 saturated carbocycles. The van der Waals surface area contributed by atoms with E-state index in [9.17, 15) is 5.53 Å². The number of allylic oxidation sites excluding steroid dienone is 2. The number of rotatable bonds is 26. The van der Waals surface area contributed by atoms with E-state index in [-0.39, 0.29) is 0 Å². The summed E-state index contributed by atoms with van der Waals surface area (Å²) in [5, 5.41) is 0. The molecule has 57 heavy (non-hydrogen) atoms. The van der Waals surface area contributed by atoms with Gasteiger partial charge in [-0.25, -0.2) is 4.70 Å². The molecule has 0 bridgehead atoms. The molecule has 4 aromatic rings. The van der Waals surface area contributed by atoms with Crippen LogP contribution in [0, 0.1) is 0 Å². The van der Waals surface area contributed by atoms with E-state index in [4.69, 9.17) is 0 Å². The van der Waals surface area contributed by atoms with Gasteiger partial charge in [0.2, 0.25) is 11.4 Å². The van der Waals surface area contributed by atoms with Gasteiger partial charge >= 0.3 is 112 Å². The summed E-state index contributed by atoms with van der Waals surface area (Å²) in [4.78, 5) is 2.70. The van der Waals surface area contributed by atoms with Crippen molar-refractivity contribution in [3.8, 4) is 0 Å². The van der Waals surface area contributed by atoms with Crippen LogP contribution < -0.4 is 0 Å². The Bertz CT molecular complexity index is 1730. The minimum atomic E-state index is 0.891. The molecule has 0 saturated heterocycles.